The molecule has 4 nitrogen and oxygen atoms in total. The summed E-state index contributed by atoms with van der Waals surface area (Å²) < 4.78 is 2.01. The van der Waals surface area contributed by atoms with Gasteiger partial charge in [-0.15, -0.1) is 0 Å². The summed E-state index contributed by atoms with van der Waals surface area (Å²) in [4.78, 5) is 15.1. The van der Waals surface area contributed by atoms with Crippen LogP contribution in [-0.2, 0) is 11.3 Å². The van der Waals surface area contributed by atoms with Crippen LogP contribution in [0.2, 0.25) is 5.02 Å². The average Bonchev–Trinajstić information content (AvgIpc) is 2.67. The molecular formula is C13H14ClN3O. The smallest absolute Gasteiger partial charge is 0.221 e. The molecule has 0 aliphatic rings. The van der Waals surface area contributed by atoms with Crippen LogP contribution in [0.4, 0.5) is 5.69 Å². The normalized spacial score (nSPS) is 10.4. The Kier molecular flexibility index (Phi) is 3.67. The van der Waals surface area contributed by atoms with Crippen LogP contribution in [0, 0.1) is 6.92 Å². The van der Waals surface area contributed by atoms with Crippen molar-refractivity contribution in [2.24, 2.45) is 0 Å². The van der Waals surface area contributed by atoms with Gasteiger partial charge in [0.25, 0.3) is 0 Å². The minimum Gasteiger partial charge on any atom is -0.331 e. The number of halogens is 1. The highest BCUT2D eigenvalue weighted by Gasteiger charge is 2.05. The van der Waals surface area contributed by atoms with Crippen LogP contribution in [0.1, 0.15) is 18.3 Å². The Bertz CT molecular complexity index is 577. The van der Waals surface area contributed by atoms with Gasteiger partial charge in [-0.05, 0) is 24.6 Å². The zero-order chi connectivity index (χ0) is 13.1. The topological polar surface area (TPSA) is 46.9 Å². The summed E-state index contributed by atoms with van der Waals surface area (Å²) in [5.41, 5.74) is 1.70. The number of aryl methyl sites for hydroxylation is 1. The van der Waals surface area contributed by atoms with Gasteiger partial charge in [-0.25, -0.2) is 4.98 Å². The zero-order valence-corrected chi connectivity index (χ0v) is 11.0. The Morgan fingerprint density at radius 3 is 2.83 bits per heavy atom. The number of hydrogen-bond acceptors (Lipinski definition) is 2. The molecule has 1 heterocycles. The number of hydrogen-bond donors (Lipinski definition) is 1. The van der Waals surface area contributed by atoms with E-state index in [0.29, 0.717) is 17.3 Å². The van der Waals surface area contributed by atoms with E-state index in [4.69, 9.17) is 11.6 Å². The Labute approximate surface area is 111 Å². The van der Waals surface area contributed by atoms with Gasteiger partial charge < -0.3 is 9.88 Å². The van der Waals surface area contributed by atoms with Crippen LogP contribution < -0.4 is 5.32 Å². The molecule has 0 saturated carbocycles. The van der Waals surface area contributed by atoms with E-state index in [1.165, 1.54) is 6.92 Å². The summed E-state index contributed by atoms with van der Waals surface area (Å²) in [5, 5.41) is 3.33. The van der Waals surface area contributed by atoms with Crippen molar-refractivity contribution in [2.45, 2.75) is 20.4 Å². The van der Waals surface area contributed by atoms with E-state index in [1.54, 1.807) is 12.3 Å². The maximum Gasteiger partial charge on any atom is 0.221 e. The first-order chi connectivity index (χ1) is 8.56. The number of carbonyl (C=O) groups is 1. The van der Waals surface area contributed by atoms with Crippen molar-refractivity contribution in [1.29, 1.82) is 0 Å². The predicted molar refractivity (Wildman–Crippen MR) is 71.8 cm³/mol. The second-order valence-corrected chi connectivity index (χ2v) is 4.50. The molecule has 0 unspecified atom stereocenters. The van der Waals surface area contributed by atoms with Crippen LogP contribution in [0.5, 0.6) is 0 Å². The third-order valence-electron chi connectivity index (χ3n) is 2.64. The van der Waals surface area contributed by atoms with Crippen LogP contribution in [0.3, 0.4) is 0 Å². The van der Waals surface area contributed by atoms with Gasteiger partial charge in [0.15, 0.2) is 0 Å². The van der Waals surface area contributed by atoms with Crippen molar-refractivity contribution in [3.05, 3.63) is 47.0 Å². The predicted octanol–water partition coefficient (Wildman–Crippen LogP) is 2.85. The van der Waals surface area contributed by atoms with Crippen molar-refractivity contribution in [1.82, 2.24) is 9.55 Å². The van der Waals surface area contributed by atoms with Crippen molar-refractivity contribution in [2.75, 3.05) is 5.32 Å². The molecule has 1 N–H and O–H groups in total. The quantitative estimate of drug-likeness (QED) is 0.926. The molecule has 5 heteroatoms. The third kappa shape index (κ3) is 2.90. The number of nitrogens with zero attached hydrogens (tertiary/aromatic N) is 2. The summed E-state index contributed by atoms with van der Waals surface area (Å²) in [5.74, 6) is 0.835. The van der Waals surface area contributed by atoms with E-state index in [9.17, 15) is 4.79 Å². The molecular weight excluding hydrogens is 250 g/mol. The average molecular weight is 264 g/mol. The van der Waals surface area contributed by atoms with Crippen molar-refractivity contribution >= 4 is 23.2 Å². The standard InChI is InChI=1S/C13H14ClN3O/c1-9-15-5-6-17(9)8-11-3-4-12(7-13(11)14)16-10(2)18/h3-7H,8H2,1-2H3,(H,16,18). The van der Waals surface area contributed by atoms with Gasteiger partial charge in [0, 0.05) is 30.0 Å². The Morgan fingerprint density at radius 2 is 2.28 bits per heavy atom. The molecule has 1 amide bonds. The summed E-state index contributed by atoms with van der Waals surface area (Å²) in [7, 11) is 0. The highest BCUT2D eigenvalue weighted by atomic mass is 35.5. The summed E-state index contributed by atoms with van der Waals surface area (Å²) in [6, 6.07) is 5.51. The molecule has 18 heavy (non-hydrogen) atoms. The molecule has 0 aliphatic heterocycles. The fourth-order valence-electron chi connectivity index (χ4n) is 1.71. The molecule has 0 spiro atoms. The third-order valence-corrected chi connectivity index (χ3v) is 2.99. The first-order valence-electron chi connectivity index (χ1n) is 5.60. The second kappa shape index (κ2) is 5.23. The molecule has 2 rings (SSSR count). The number of anilines is 1. The molecule has 0 fully saturated rings. The van der Waals surface area contributed by atoms with Crippen molar-refractivity contribution in [3.8, 4) is 0 Å². The lowest BCUT2D eigenvalue weighted by atomic mass is 10.2. The van der Waals surface area contributed by atoms with Gasteiger partial charge in [-0.2, -0.15) is 0 Å². The number of nitrogens with one attached hydrogen (secondary N) is 1. The molecule has 94 valence electrons. The molecule has 2 aromatic rings. The number of amides is 1. The fraction of sp³-hybridized carbons (Fsp3) is 0.231. The Balaban J connectivity index is 2.20. The zero-order valence-electron chi connectivity index (χ0n) is 10.3. The van der Waals surface area contributed by atoms with Crippen LogP contribution in [-0.4, -0.2) is 15.5 Å². The number of carbonyl (C=O) groups excluding carboxylic acids is 1. The maximum atomic E-state index is 10.9. The van der Waals surface area contributed by atoms with Crippen LogP contribution >= 0.6 is 11.6 Å². The van der Waals surface area contributed by atoms with Gasteiger partial charge in [-0.3, -0.25) is 4.79 Å². The van der Waals surface area contributed by atoms with Gasteiger partial charge in [-0.1, -0.05) is 17.7 Å². The first-order valence-corrected chi connectivity index (χ1v) is 5.98. The Morgan fingerprint density at radius 1 is 1.50 bits per heavy atom. The van der Waals surface area contributed by atoms with Crippen molar-refractivity contribution < 1.29 is 4.79 Å². The first kappa shape index (κ1) is 12.6. The molecule has 0 bridgehead atoms. The summed E-state index contributed by atoms with van der Waals surface area (Å²) in [6.45, 7) is 4.08. The lowest BCUT2D eigenvalue weighted by Crippen LogP contribution is -2.06. The summed E-state index contributed by atoms with van der Waals surface area (Å²) in [6.07, 6.45) is 3.67. The number of benzene rings is 1. The van der Waals surface area contributed by atoms with Gasteiger partial charge in [0.05, 0.1) is 6.54 Å². The van der Waals surface area contributed by atoms with E-state index in [1.807, 2.05) is 29.8 Å². The number of rotatable bonds is 3. The molecule has 0 atom stereocenters. The Hall–Kier alpha value is -1.81. The van der Waals surface area contributed by atoms with E-state index < -0.39 is 0 Å². The number of imidazole rings is 1. The van der Waals surface area contributed by atoms with Crippen LogP contribution in [0.25, 0.3) is 0 Å². The molecule has 0 radical (unpaired) electrons. The van der Waals surface area contributed by atoms with E-state index in [2.05, 4.69) is 10.3 Å². The van der Waals surface area contributed by atoms with Gasteiger partial charge in [0.2, 0.25) is 5.91 Å². The molecule has 1 aromatic carbocycles. The largest absolute Gasteiger partial charge is 0.331 e. The fourth-order valence-corrected chi connectivity index (χ4v) is 1.95. The molecule has 0 saturated heterocycles. The molecule has 0 aliphatic carbocycles. The van der Waals surface area contributed by atoms with Gasteiger partial charge in [0.1, 0.15) is 5.82 Å². The SMILES string of the molecule is CC(=O)Nc1ccc(Cn2ccnc2C)c(Cl)c1. The number of aromatic nitrogens is 2. The minimum atomic E-state index is -0.107. The van der Waals surface area contributed by atoms with E-state index in [-0.39, 0.29) is 5.91 Å². The lowest BCUT2D eigenvalue weighted by Gasteiger charge is -2.09. The minimum absolute atomic E-state index is 0.107. The monoisotopic (exact) mass is 263 g/mol. The molecule has 1 aromatic heterocycles. The van der Waals surface area contributed by atoms with Crippen molar-refractivity contribution in [3.63, 3.8) is 0 Å². The highest BCUT2D eigenvalue weighted by molar-refractivity contribution is 6.31. The summed E-state index contributed by atoms with van der Waals surface area (Å²) >= 11 is 6.20. The second-order valence-electron chi connectivity index (χ2n) is 4.09. The van der Waals surface area contributed by atoms with E-state index >= 15 is 0 Å². The van der Waals surface area contributed by atoms with E-state index in [0.717, 1.165) is 11.4 Å². The van der Waals surface area contributed by atoms with Gasteiger partial charge >= 0.3 is 0 Å². The lowest BCUT2D eigenvalue weighted by molar-refractivity contribution is -0.114. The maximum absolute atomic E-state index is 10.9. The van der Waals surface area contributed by atoms with Crippen LogP contribution in [0.15, 0.2) is 30.6 Å². The highest BCUT2D eigenvalue weighted by Crippen LogP contribution is 2.22.